The first-order valence-corrected chi connectivity index (χ1v) is 5.73. The molecule has 1 aromatic heterocycles. The lowest BCUT2D eigenvalue weighted by Gasteiger charge is -2.17. The van der Waals surface area contributed by atoms with Crippen molar-refractivity contribution in [2.75, 3.05) is 24.3 Å². The second-order valence-corrected chi connectivity index (χ2v) is 4.37. The molecular weight excluding hydrogens is 212 g/mol. The summed E-state index contributed by atoms with van der Waals surface area (Å²) in [6.07, 6.45) is 3.47. The van der Waals surface area contributed by atoms with Crippen LogP contribution in [0.15, 0.2) is 47.3 Å². The predicted molar refractivity (Wildman–Crippen MR) is 71.5 cm³/mol. The second kappa shape index (κ2) is 4.95. The molecular formula is C14H18N2O. The quantitative estimate of drug-likeness (QED) is 0.871. The van der Waals surface area contributed by atoms with Gasteiger partial charge in [0.05, 0.1) is 18.6 Å². The number of hydrogen-bond acceptors (Lipinski definition) is 3. The maximum atomic E-state index is 5.09. The number of anilines is 2. The number of rotatable bonds is 4. The van der Waals surface area contributed by atoms with E-state index >= 15 is 0 Å². The Bertz CT molecular complexity index is 463. The summed E-state index contributed by atoms with van der Waals surface area (Å²) in [6.45, 7) is 2.12. The number of nitrogens with one attached hydrogen (secondary N) is 1. The van der Waals surface area contributed by atoms with Crippen molar-refractivity contribution in [1.29, 1.82) is 0 Å². The van der Waals surface area contributed by atoms with Crippen LogP contribution in [0.1, 0.15) is 18.5 Å². The van der Waals surface area contributed by atoms with Crippen molar-refractivity contribution >= 4 is 11.4 Å². The minimum Gasteiger partial charge on any atom is -0.472 e. The summed E-state index contributed by atoms with van der Waals surface area (Å²) >= 11 is 0. The molecule has 0 aliphatic carbocycles. The van der Waals surface area contributed by atoms with Gasteiger partial charge >= 0.3 is 0 Å². The van der Waals surface area contributed by atoms with E-state index in [2.05, 4.69) is 41.4 Å². The fraction of sp³-hybridized carbons (Fsp3) is 0.286. The van der Waals surface area contributed by atoms with Gasteiger partial charge in [-0.3, -0.25) is 0 Å². The Balaban J connectivity index is 2.11. The molecule has 3 nitrogen and oxygen atoms in total. The molecule has 0 radical (unpaired) electrons. The molecule has 3 heteroatoms. The van der Waals surface area contributed by atoms with Gasteiger partial charge in [-0.25, -0.2) is 0 Å². The van der Waals surface area contributed by atoms with E-state index in [4.69, 9.17) is 4.42 Å². The molecule has 0 amide bonds. The molecule has 0 spiro atoms. The highest BCUT2D eigenvalue weighted by Crippen LogP contribution is 2.22. The lowest BCUT2D eigenvalue weighted by molar-refractivity contribution is 0.562. The number of benzene rings is 1. The van der Waals surface area contributed by atoms with Crippen molar-refractivity contribution < 1.29 is 4.42 Å². The van der Waals surface area contributed by atoms with Crippen LogP contribution in [0.4, 0.5) is 11.4 Å². The van der Waals surface area contributed by atoms with Crippen LogP contribution in [0.5, 0.6) is 0 Å². The van der Waals surface area contributed by atoms with Gasteiger partial charge in [-0.2, -0.15) is 0 Å². The van der Waals surface area contributed by atoms with E-state index in [9.17, 15) is 0 Å². The SMILES string of the molecule is CC(Nc1cccc(N(C)C)c1)c1ccoc1. The van der Waals surface area contributed by atoms with Crippen LogP contribution in [-0.2, 0) is 0 Å². The van der Waals surface area contributed by atoms with Crippen LogP contribution in [0, 0.1) is 0 Å². The number of furan rings is 1. The molecule has 1 heterocycles. The maximum Gasteiger partial charge on any atom is 0.0955 e. The average molecular weight is 230 g/mol. The van der Waals surface area contributed by atoms with E-state index in [1.807, 2.05) is 20.2 Å². The summed E-state index contributed by atoms with van der Waals surface area (Å²) in [5.74, 6) is 0. The normalized spacial score (nSPS) is 12.2. The molecule has 0 saturated heterocycles. The van der Waals surface area contributed by atoms with E-state index in [1.54, 1.807) is 12.5 Å². The van der Waals surface area contributed by atoms with E-state index in [0.29, 0.717) is 0 Å². The first-order valence-electron chi connectivity index (χ1n) is 5.73. The molecule has 1 N–H and O–H groups in total. The van der Waals surface area contributed by atoms with Gasteiger partial charge in [0, 0.05) is 31.0 Å². The molecule has 1 unspecified atom stereocenters. The molecule has 1 aromatic carbocycles. The summed E-state index contributed by atoms with van der Waals surface area (Å²) < 4.78 is 5.09. The summed E-state index contributed by atoms with van der Waals surface area (Å²) in [4.78, 5) is 2.09. The highest BCUT2D eigenvalue weighted by Gasteiger charge is 2.06. The van der Waals surface area contributed by atoms with Crippen LogP contribution in [0.2, 0.25) is 0 Å². The smallest absolute Gasteiger partial charge is 0.0955 e. The van der Waals surface area contributed by atoms with Crippen molar-refractivity contribution in [2.24, 2.45) is 0 Å². The molecule has 2 aromatic rings. The highest BCUT2D eigenvalue weighted by molar-refractivity contribution is 5.58. The van der Waals surface area contributed by atoms with Gasteiger partial charge in [0.15, 0.2) is 0 Å². The Morgan fingerprint density at radius 3 is 2.71 bits per heavy atom. The number of hydrogen-bond donors (Lipinski definition) is 1. The van der Waals surface area contributed by atoms with Gasteiger partial charge in [-0.15, -0.1) is 0 Å². The lowest BCUT2D eigenvalue weighted by Crippen LogP contribution is -2.10. The molecule has 0 aliphatic rings. The zero-order valence-corrected chi connectivity index (χ0v) is 10.5. The fourth-order valence-corrected chi connectivity index (χ4v) is 1.73. The van der Waals surface area contributed by atoms with Crippen LogP contribution >= 0.6 is 0 Å². The fourth-order valence-electron chi connectivity index (χ4n) is 1.73. The van der Waals surface area contributed by atoms with Crippen molar-refractivity contribution in [3.63, 3.8) is 0 Å². The lowest BCUT2D eigenvalue weighted by atomic mass is 10.1. The summed E-state index contributed by atoms with van der Waals surface area (Å²) in [7, 11) is 4.08. The maximum absolute atomic E-state index is 5.09. The molecule has 1 atom stereocenters. The molecule has 0 aliphatic heterocycles. The molecule has 0 saturated carbocycles. The third-order valence-electron chi connectivity index (χ3n) is 2.79. The molecule has 0 bridgehead atoms. The van der Waals surface area contributed by atoms with Crippen LogP contribution in [0.3, 0.4) is 0 Å². The van der Waals surface area contributed by atoms with Gasteiger partial charge in [0.2, 0.25) is 0 Å². The topological polar surface area (TPSA) is 28.4 Å². The molecule has 0 fully saturated rings. The number of nitrogens with zero attached hydrogens (tertiary/aromatic N) is 1. The van der Waals surface area contributed by atoms with E-state index in [-0.39, 0.29) is 6.04 Å². The zero-order chi connectivity index (χ0) is 12.3. The predicted octanol–water partition coefficient (Wildman–Crippen LogP) is 3.52. The van der Waals surface area contributed by atoms with E-state index in [0.717, 1.165) is 11.3 Å². The van der Waals surface area contributed by atoms with E-state index < -0.39 is 0 Å². The van der Waals surface area contributed by atoms with Crippen molar-refractivity contribution in [3.8, 4) is 0 Å². The van der Waals surface area contributed by atoms with Crippen LogP contribution in [-0.4, -0.2) is 14.1 Å². The Morgan fingerprint density at radius 1 is 1.24 bits per heavy atom. The first-order chi connectivity index (χ1) is 8.16. The Morgan fingerprint density at radius 2 is 2.06 bits per heavy atom. The third-order valence-corrected chi connectivity index (χ3v) is 2.79. The Kier molecular flexibility index (Phi) is 3.38. The second-order valence-electron chi connectivity index (χ2n) is 4.37. The zero-order valence-electron chi connectivity index (χ0n) is 10.5. The van der Waals surface area contributed by atoms with Crippen molar-refractivity contribution in [1.82, 2.24) is 0 Å². The average Bonchev–Trinajstić information content (AvgIpc) is 2.82. The molecule has 17 heavy (non-hydrogen) atoms. The summed E-state index contributed by atoms with van der Waals surface area (Å²) in [6, 6.07) is 10.6. The summed E-state index contributed by atoms with van der Waals surface area (Å²) in [5.41, 5.74) is 3.46. The van der Waals surface area contributed by atoms with Gasteiger partial charge < -0.3 is 14.6 Å². The Labute approximate surface area is 102 Å². The largest absolute Gasteiger partial charge is 0.472 e. The van der Waals surface area contributed by atoms with E-state index in [1.165, 1.54) is 5.69 Å². The Hall–Kier alpha value is -1.90. The molecule has 2 rings (SSSR count). The van der Waals surface area contributed by atoms with Crippen LogP contribution < -0.4 is 10.2 Å². The first kappa shape index (κ1) is 11.6. The summed E-state index contributed by atoms with van der Waals surface area (Å²) in [5, 5.41) is 3.45. The van der Waals surface area contributed by atoms with Crippen LogP contribution in [0.25, 0.3) is 0 Å². The third kappa shape index (κ3) is 2.81. The van der Waals surface area contributed by atoms with Crippen molar-refractivity contribution in [3.05, 3.63) is 48.4 Å². The molecule has 90 valence electrons. The standard InChI is InChI=1S/C14H18N2O/c1-11(12-7-8-17-10-12)15-13-5-4-6-14(9-13)16(2)3/h4-11,15H,1-3H3. The van der Waals surface area contributed by atoms with Gasteiger partial charge in [-0.05, 0) is 31.2 Å². The van der Waals surface area contributed by atoms with Gasteiger partial charge in [-0.1, -0.05) is 6.07 Å². The minimum atomic E-state index is 0.242. The van der Waals surface area contributed by atoms with Gasteiger partial charge in [0.25, 0.3) is 0 Å². The van der Waals surface area contributed by atoms with Gasteiger partial charge in [0.1, 0.15) is 0 Å². The van der Waals surface area contributed by atoms with Crippen molar-refractivity contribution in [2.45, 2.75) is 13.0 Å². The minimum absolute atomic E-state index is 0.242. The monoisotopic (exact) mass is 230 g/mol. The highest BCUT2D eigenvalue weighted by atomic mass is 16.3.